The lowest BCUT2D eigenvalue weighted by molar-refractivity contribution is -0.143. The predicted molar refractivity (Wildman–Crippen MR) is 92.0 cm³/mol. The summed E-state index contributed by atoms with van der Waals surface area (Å²) >= 11 is 0. The van der Waals surface area contributed by atoms with Gasteiger partial charge in [0.05, 0.1) is 6.54 Å². The Labute approximate surface area is 154 Å². The molecule has 0 aromatic heterocycles. The van der Waals surface area contributed by atoms with Gasteiger partial charge in [0.2, 0.25) is 0 Å². The third-order valence-electron chi connectivity index (χ3n) is 4.12. The van der Waals surface area contributed by atoms with E-state index in [1.807, 2.05) is 6.92 Å². The summed E-state index contributed by atoms with van der Waals surface area (Å²) in [6.07, 6.45) is -3.66. The Morgan fingerprint density at radius 2 is 2.11 bits per heavy atom. The molecule has 1 aliphatic rings. The summed E-state index contributed by atoms with van der Waals surface area (Å²) in [5, 5.41) is 6.06. The summed E-state index contributed by atoms with van der Waals surface area (Å²) in [7, 11) is 1.53. The largest absolute Gasteiger partial charge is 0.434 e. The van der Waals surface area contributed by atoms with Crippen LogP contribution >= 0.6 is 0 Å². The highest BCUT2D eigenvalue weighted by Crippen LogP contribution is 2.22. The smallest absolute Gasteiger partial charge is 0.401 e. The first-order valence-corrected chi connectivity index (χ1v) is 8.47. The van der Waals surface area contributed by atoms with E-state index in [4.69, 9.17) is 0 Å². The molecule has 1 unspecified atom stereocenters. The van der Waals surface area contributed by atoms with Gasteiger partial charge in [-0.05, 0) is 19.4 Å². The van der Waals surface area contributed by atoms with Crippen LogP contribution in [0, 0.1) is 6.92 Å². The summed E-state index contributed by atoms with van der Waals surface area (Å²) < 4.78 is 67.0. The summed E-state index contributed by atoms with van der Waals surface area (Å²) in [4.78, 5) is 5.38. The number of hydrogen-bond acceptors (Lipinski definition) is 3. The molecule has 1 saturated heterocycles. The molecular formula is C17H23F5N4O. The second-order valence-corrected chi connectivity index (χ2v) is 6.40. The first-order chi connectivity index (χ1) is 12.7. The van der Waals surface area contributed by atoms with Crippen LogP contribution in [0.3, 0.4) is 0 Å². The molecule has 0 saturated carbocycles. The minimum Gasteiger partial charge on any atom is -0.434 e. The molecule has 1 aromatic rings. The van der Waals surface area contributed by atoms with E-state index >= 15 is 0 Å². The van der Waals surface area contributed by atoms with E-state index in [0.717, 1.165) is 5.56 Å². The zero-order chi connectivity index (χ0) is 20.0. The van der Waals surface area contributed by atoms with Crippen molar-refractivity contribution >= 4 is 5.96 Å². The van der Waals surface area contributed by atoms with Crippen molar-refractivity contribution in [2.24, 2.45) is 4.99 Å². The van der Waals surface area contributed by atoms with E-state index in [-0.39, 0.29) is 24.9 Å². The van der Waals surface area contributed by atoms with Crippen molar-refractivity contribution < 1.29 is 26.7 Å². The minimum absolute atomic E-state index is 0.0655. The fourth-order valence-corrected chi connectivity index (χ4v) is 2.97. The quantitative estimate of drug-likeness (QED) is 0.443. The van der Waals surface area contributed by atoms with Gasteiger partial charge in [-0.25, -0.2) is 0 Å². The number of nitrogens with zero attached hydrogens (tertiary/aromatic N) is 2. The highest BCUT2D eigenvalue weighted by molar-refractivity contribution is 5.80. The molecular weight excluding hydrogens is 371 g/mol. The van der Waals surface area contributed by atoms with E-state index in [9.17, 15) is 22.0 Å². The molecule has 0 spiro atoms. The summed E-state index contributed by atoms with van der Waals surface area (Å²) in [5.41, 5.74) is 1.42. The Balaban J connectivity index is 1.91. The zero-order valence-electron chi connectivity index (χ0n) is 15.1. The lowest BCUT2D eigenvalue weighted by Gasteiger charge is -2.20. The molecule has 0 bridgehead atoms. The van der Waals surface area contributed by atoms with Gasteiger partial charge in [-0.1, -0.05) is 17.7 Å². The monoisotopic (exact) mass is 394 g/mol. The van der Waals surface area contributed by atoms with Crippen LogP contribution in [-0.2, 0) is 6.54 Å². The minimum atomic E-state index is -4.22. The average Bonchev–Trinajstić information content (AvgIpc) is 2.98. The SMILES string of the molecule is CN=C(NCc1cc(C)ccc1OC(F)F)NC1CCN(CC(F)(F)F)C1. The van der Waals surface area contributed by atoms with Crippen LogP contribution in [0.5, 0.6) is 5.75 Å². The number of aliphatic imine (C=N–C) groups is 1. The second-order valence-electron chi connectivity index (χ2n) is 6.40. The fourth-order valence-electron chi connectivity index (χ4n) is 2.97. The maximum atomic E-state index is 12.5. The van der Waals surface area contributed by atoms with Gasteiger partial charge in [0.1, 0.15) is 5.75 Å². The average molecular weight is 394 g/mol. The number of hydrogen-bond donors (Lipinski definition) is 2. The number of nitrogens with one attached hydrogen (secondary N) is 2. The third-order valence-corrected chi connectivity index (χ3v) is 4.12. The van der Waals surface area contributed by atoms with Crippen molar-refractivity contribution in [1.82, 2.24) is 15.5 Å². The van der Waals surface area contributed by atoms with E-state index in [2.05, 4.69) is 20.4 Å². The molecule has 5 nitrogen and oxygen atoms in total. The third kappa shape index (κ3) is 7.20. The standard InChI is InChI=1S/C17H23F5N4O/c1-11-3-4-14(27-15(18)19)12(7-11)8-24-16(23-2)25-13-5-6-26(9-13)10-17(20,21)22/h3-4,7,13,15H,5-6,8-10H2,1-2H3,(H2,23,24,25). The van der Waals surface area contributed by atoms with Crippen molar-refractivity contribution in [1.29, 1.82) is 0 Å². The zero-order valence-corrected chi connectivity index (χ0v) is 15.1. The van der Waals surface area contributed by atoms with Crippen molar-refractivity contribution in [3.8, 4) is 5.75 Å². The van der Waals surface area contributed by atoms with Gasteiger partial charge in [-0.3, -0.25) is 9.89 Å². The first-order valence-electron chi connectivity index (χ1n) is 8.47. The van der Waals surface area contributed by atoms with Gasteiger partial charge < -0.3 is 15.4 Å². The molecule has 1 aliphatic heterocycles. The Morgan fingerprint density at radius 1 is 1.37 bits per heavy atom. The Kier molecular flexibility index (Phi) is 7.23. The lowest BCUT2D eigenvalue weighted by Crippen LogP contribution is -2.45. The first kappa shape index (κ1) is 21.2. The maximum absolute atomic E-state index is 12.5. The molecule has 0 radical (unpaired) electrons. The Hall–Kier alpha value is -2.10. The van der Waals surface area contributed by atoms with Gasteiger partial charge in [-0.2, -0.15) is 22.0 Å². The molecule has 10 heteroatoms. The molecule has 1 atom stereocenters. The van der Waals surface area contributed by atoms with Crippen LogP contribution < -0.4 is 15.4 Å². The number of ether oxygens (including phenoxy) is 1. The van der Waals surface area contributed by atoms with Crippen LogP contribution in [0.4, 0.5) is 22.0 Å². The maximum Gasteiger partial charge on any atom is 0.401 e. The van der Waals surface area contributed by atoms with Gasteiger partial charge in [0.15, 0.2) is 5.96 Å². The van der Waals surface area contributed by atoms with Crippen LogP contribution in [0.25, 0.3) is 0 Å². The number of guanidine groups is 1. The number of halogens is 5. The van der Waals surface area contributed by atoms with E-state index in [0.29, 0.717) is 24.5 Å². The Bertz CT molecular complexity index is 651. The molecule has 2 N–H and O–H groups in total. The number of benzene rings is 1. The molecule has 0 amide bonds. The highest BCUT2D eigenvalue weighted by Gasteiger charge is 2.34. The summed E-state index contributed by atoms with van der Waals surface area (Å²) in [6.45, 7) is -1.25. The molecule has 1 heterocycles. The Morgan fingerprint density at radius 3 is 2.74 bits per heavy atom. The topological polar surface area (TPSA) is 48.9 Å². The number of alkyl halides is 5. The molecule has 152 valence electrons. The number of likely N-dealkylation sites (tertiary alicyclic amines) is 1. The van der Waals surface area contributed by atoms with E-state index in [1.165, 1.54) is 18.0 Å². The van der Waals surface area contributed by atoms with Crippen molar-refractivity contribution in [2.75, 3.05) is 26.7 Å². The fraction of sp³-hybridized carbons (Fsp3) is 0.588. The second kappa shape index (κ2) is 9.20. The van der Waals surface area contributed by atoms with Crippen molar-refractivity contribution in [3.63, 3.8) is 0 Å². The molecule has 1 fully saturated rings. The van der Waals surface area contributed by atoms with Crippen LogP contribution in [0.1, 0.15) is 17.5 Å². The van der Waals surface area contributed by atoms with Gasteiger partial charge in [-0.15, -0.1) is 0 Å². The van der Waals surface area contributed by atoms with Crippen molar-refractivity contribution in [3.05, 3.63) is 29.3 Å². The van der Waals surface area contributed by atoms with Crippen LogP contribution in [0.15, 0.2) is 23.2 Å². The van der Waals surface area contributed by atoms with Gasteiger partial charge in [0, 0.05) is 38.3 Å². The number of rotatable bonds is 6. The summed E-state index contributed by atoms with van der Waals surface area (Å²) in [6, 6.07) is 4.69. The normalized spacial score (nSPS) is 18.8. The molecule has 27 heavy (non-hydrogen) atoms. The highest BCUT2D eigenvalue weighted by atomic mass is 19.4. The molecule has 1 aromatic carbocycles. The summed E-state index contributed by atoms with van der Waals surface area (Å²) in [5.74, 6) is 0.453. The molecule has 2 rings (SSSR count). The van der Waals surface area contributed by atoms with Crippen LogP contribution in [0.2, 0.25) is 0 Å². The van der Waals surface area contributed by atoms with E-state index < -0.39 is 19.3 Å². The number of aryl methyl sites for hydroxylation is 1. The molecule has 0 aliphatic carbocycles. The lowest BCUT2D eigenvalue weighted by atomic mass is 10.1. The predicted octanol–water partition coefficient (Wildman–Crippen LogP) is 2.90. The van der Waals surface area contributed by atoms with Crippen molar-refractivity contribution in [2.45, 2.75) is 38.7 Å². The van der Waals surface area contributed by atoms with Gasteiger partial charge >= 0.3 is 12.8 Å². The van der Waals surface area contributed by atoms with Crippen LogP contribution in [-0.4, -0.2) is 56.4 Å². The van der Waals surface area contributed by atoms with Gasteiger partial charge in [0.25, 0.3) is 0 Å². The van der Waals surface area contributed by atoms with E-state index in [1.54, 1.807) is 12.1 Å².